The Labute approximate surface area is 304 Å². The van der Waals surface area contributed by atoms with Gasteiger partial charge in [0.15, 0.2) is 0 Å². The van der Waals surface area contributed by atoms with E-state index in [0.29, 0.717) is 34.8 Å². The summed E-state index contributed by atoms with van der Waals surface area (Å²) < 4.78 is 107. The Bertz CT molecular complexity index is 2040. The van der Waals surface area contributed by atoms with E-state index in [2.05, 4.69) is 24.3 Å². The van der Waals surface area contributed by atoms with Crippen LogP contribution in [0.1, 0.15) is 74.0 Å². The maximum Gasteiger partial charge on any atom is 0.416 e. The zero-order valence-electron chi connectivity index (χ0n) is 29.4. The maximum atomic E-state index is 14.2. The first kappa shape index (κ1) is 37.8. The molecule has 0 spiro atoms. The van der Waals surface area contributed by atoms with Crippen LogP contribution in [0.4, 0.5) is 26.3 Å². The Kier molecular flexibility index (Phi) is 10.0. The summed E-state index contributed by atoms with van der Waals surface area (Å²) in [5.74, 6) is 0.877. The normalized spacial score (nSPS) is 15.5. The number of ether oxygens (including phenoxy) is 1. The molecule has 3 nitrogen and oxygen atoms in total. The van der Waals surface area contributed by atoms with Gasteiger partial charge in [0.05, 0.1) is 21.9 Å². The van der Waals surface area contributed by atoms with E-state index in [1.807, 2.05) is 74.5 Å². The number of hydrogen-bond acceptors (Lipinski definition) is 2. The Morgan fingerprint density at radius 3 is 1.63 bits per heavy atom. The fourth-order valence-electron chi connectivity index (χ4n) is 6.76. The van der Waals surface area contributed by atoms with Gasteiger partial charge in [-0.2, -0.15) is 26.3 Å². The second-order valence-corrected chi connectivity index (χ2v) is 18.7. The molecule has 11 heteroatoms. The molecule has 0 aromatic heterocycles. The van der Waals surface area contributed by atoms with Crippen LogP contribution in [0.5, 0.6) is 11.5 Å². The topological polar surface area (TPSA) is 29.5 Å². The molecule has 1 aliphatic rings. The number of nitrogens with zero attached hydrogens (tertiary/aromatic N) is 1. The number of fused-ring (bicyclic) bond motifs is 2. The van der Waals surface area contributed by atoms with Gasteiger partial charge >= 0.3 is 12.4 Å². The quantitative estimate of drug-likeness (QED) is 0.122. The van der Waals surface area contributed by atoms with Crippen molar-refractivity contribution < 1.29 is 35.3 Å². The molecule has 6 rings (SSSR count). The first-order valence-corrected chi connectivity index (χ1v) is 19.0. The minimum atomic E-state index is -5.07. The lowest BCUT2D eigenvalue weighted by atomic mass is 9.74. The third kappa shape index (κ3) is 7.17. The van der Waals surface area contributed by atoms with Crippen molar-refractivity contribution in [3.8, 4) is 11.5 Å². The number of hydrogen-bond donors (Lipinski definition) is 0. The molecule has 52 heavy (non-hydrogen) atoms. The standard InChI is InChI=1S/C41H38F6NO2PS/c1-38(2,3)52(49)48(6)35(26-23-27(40(42,43)44)25-28(24-26)41(45,46)47)31-19-13-20-32-36(31)50-37-33(39(32,4)5)21-14-22-34(37)51(29-15-9-7-10-16-29)30-17-11-8-12-18-30/h7-25,35H,1-6H3/t35-,52?/m0/s1. The molecule has 2 atom stereocenters. The van der Waals surface area contributed by atoms with E-state index in [-0.39, 0.29) is 11.6 Å². The van der Waals surface area contributed by atoms with Crippen molar-refractivity contribution in [3.05, 3.63) is 149 Å². The summed E-state index contributed by atoms with van der Waals surface area (Å²) in [7, 11) is -1.59. The first-order valence-electron chi connectivity index (χ1n) is 16.6. The molecule has 0 aliphatic carbocycles. The van der Waals surface area contributed by atoms with E-state index in [0.717, 1.165) is 21.5 Å². The van der Waals surface area contributed by atoms with Gasteiger partial charge in [-0.15, -0.1) is 0 Å². The van der Waals surface area contributed by atoms with Crippen LogP contribution in [-0.4, -0.2) is 20.3 Å². The van der Waals surface area contributed by atoms with Gasteiger partial charge in [0.25, 0.3) is 0 Å². The van der Waals surface area contributed by atoms with Crippen LogP contribution in [0.3, 0.4) is 0 Å². The number of benzene rings is 5. The Morgan fingerprint density at radius 1 is 0.673 bits per heavy atom. The van der Waals surface area contributed by atoms with E-state index in [4.69, 9.17) is 4.74 Å². The molecule has 1 heterocycles. The average Bonchev–Trinajstić information content (AvgIpc) is 3.08. The van der Waals surface area contributed by atoms with Crippen LogP contribution in [-0.2, 0) is 28.8 Å². The highest BCUT2D eigenvalue weighted by atomic mass is 32.2. The predicted molar refractivity (Wildman–Crippen MR) is 198 cm³/mol. The van der Waals surface area contributed by atoms with Gasteiger partial charge in [0, 0.05) is 34.5 Å². The average molecular weight is 754 g/mol. The largest absolute Gasteiger partial charge is 0.456 e. The number of rotatable bonds is 7. The molecule has 0 bridgehead atoms. The van der Waals surface area contributed by atoms with E-state index < -0.39 is 58.6 Å². The third-order valence-corrected chi connectivity index (χ3v) is 13.5. The van der Waals surface area contributed by atoms with Crippen LogP contribution < -0.4 is 20.7 Å². The van der Waals surface area contributed by atoms with E-state index in [1.165, 1.54) is 11.4 Å². The predicted octanol–water partition coefficient (Wildman–Crippen LogP) is 10.4. The van der Waals surface area contributed by atoms with Crippen molar-refractivity contribution in [2.75, 3.05) is 7.05 Å². The number of para-hydroxylation sites is 2. The maximum absolute atomic E-state index is 14.2. The molecule has 1 aliphatic heterocycles. The summed E-state index contributed by atoms with van der Waals surface area (Å²) in [6.07, 6.45) is -10.1. The van der Waals surface area contributed by atoms with Crippen molar-refractivity contribution >= 4 is 34.8 Å². The summed E-state index contributed by atoms with van der Waals surface area (Å²) in [5, 5.41) is 3.04. The number of alkyl halides is 6. The molecule has 0 fully saturated rings. The first-order chi connectivity index (χ1) is 24.3. The van der Waals surface area contributed by atoms with Gasteiger partial charge in [0.2, 0.25) is 0 Å². The SMILES string of the molecule is CN([C@@H](c1cc(C(F)(F)F)cc(C(F)(F)F)c1)c1cccc2c1Oc1c(P(c3ccccc3)c3ccccc3)cccc1C2(C)C)S(=O)C(C)(C)C. The molecular formula is C41H38F6NO2PS. The lowest BCUT2D eigenvalue weighted by molar-refractivity contribution is -0.143. The third-order valence-electron chi connectivity index (χ3n) is 9.23. The number of halogens is 6. The highest BCUT2D eigenvalue weighted by Gasteiger charge is 2.43. The second-order valence-electron chi connectivity index (χ2n) is 14.3. The highest BCUT2D eigenvalue weighted by molar-refractivity contribution is 7.84. The van der Waals surface area contributed by atoms with Crippen LogP contribution in [0.25, 0.3) is 0 Å². The molecular weight excluding hydrogens is 715 g/mol. The summed E-state index contributed by atoms with van der Waals surface area (Å²) in [6, 6.07) is 31.4. The summed E-state index contributed by atoms with van der Waals surface area (Å²) >= 11 is 0. The Hall–Kier alpha value is -3.98. The lowest BCUT2D eigenvalue weighted by Crippen LogP contribution is -2.38. The van der Waals surface area contributed by atoms with Gasteiger partial charge in [-0.1, -0.05) is 111 Å². The smallest absolute Gasteiger partial charge is 0.416 e. The summed E-state index contributed by atoms with van der Waals surface area (Å²) in [6.45, 7) is 9.13. The summed E-state index contributed by atoms with van der Waals surface area (Å²) in [4.78, 5) is 0. The van der Waals surface area contributed by atoms with Gasteiger partial charge < -0.3 is 4.74 Å². The zero-order chi connectivity index (χ0) is 37.8. The minimum absolute atomic E-state index is 0.110. The highest BCUT2D eigenvalue weighted by Crippen LogP contribution is 2.53. The fourth-order valence-corrected chi connectivity index (χ4v) is 10.4. The van der Waals surface area contributed by atoms with Gasteiger partial charge in [-0.05, 0) is 63.1 Å². The van der Waals surface area contributed by atoms with Crippen molar-refractivity contribution in [2.45, 2.75) is 63.2 Å². The molecule has 0 saturated carbocycles. The van der Waals surface area contributed by atoms with E-state index in [9.17, 15) is 30.6 Å². The van der Waals surface area contributed by atoms with E-state index >= 15 is 0 Å². The lowest BCUT2D eigenvalue weighted by Gasteiger charge is -2.40. The minimum Gasteiger partial charge on any atom is -0.456 e. The molecule has 5 aromatic carbocycles. The van der Waals surface area contributed by atoms with Gasteiger partial charge in [-0.25, -0.2) is 8.51 Å². The Balaban J connectivity index is 1.63. The molecule has 272 valence electrons. The Morgan fingerprint density at radius 2 is 1.15 bits per heavy atom. The zero-order valence-corrected chi connectivity index (χ0v) is 31.1. The molecule has 0 N–H and O–H groups in total. The van der Waals surface area contributed by atoms with Crippen molar-refractivity contribution in [3.63, 3.8) is 0 Å². The molecule has 5 aromatic rings. The van der Waals surface area contributed by atoms with Crippen LogP contribution >= 0.6 is 7.92 Å². The molecule has 0 saturated heterocycles. The van der Waals surface area contributed by atoms with Crippen molar-refractivity contribution in [2.24, 2.45) is 0 Å². The van der Waals surface area contributed by atoms with Crippen LogP contribution in [0.15, 0.2) is 115 Å². The fraction of sp³-hybridized carbons (Fsp3) is 0.268. The van der Waals surface area contributed by atoms with Crippen molar-refractivity contribution in [1.29, 1.82) is 0 Å². The second kappa shape index (κ2) is 13.8. The van der Waals surface area contributed by atoms with E-state index in [1.54, 1.807) is 32.9 Å². The van der Waals surface area contributed by atoms with Crippen molar-refractivity contribution in [1.82, 2.24) is 4.31 Å². The molecule has 1 unspecified atom stereocenters. The van der Waals surface area contributed by atoms with Gasteiger partial charge in [0.1, 0.15) is 22.5 Å². The molecule has 0 amide bonds. The van der Waals surface area contributed by atoms with Crippen LogP contribution in [0.2, 0.25) is 0 Å². The molecule has 0 radical (unpaired) electrons. The van der Waals surface area contributed by atoms with Crippen LogP contribution in [0, 0.1) is 0 Å². The summed E-state index contributed by atoms with van der Waals surface area (Å²) in [5.41, 5.74) is -2.05. The van der Waals surface area contributed by atoms with Gasteiger partial charge in [-0.3, -0.25) is 0 Å². The monoisotopic (exact) mass is 753 g/mol.